The molecular formula is C19H20ClNO3. The maximum absolute atomic E-state index is 12.4. The number of amides is 1. The van der Waals surface area contributed by atoms with Crippen molar-refractivity contribution in [2.45, 2.75) is 25.8 Å². The fraction of sp³-hybridized carbons (Fsp3) is 0.316. The van der Waals surface area contributed by atoms with E-state index in [2.05, 4.69) is 5.32 Å². The average molecular weight is 346 g/mol. The molecule has 5 heteroatoms. The van der Waals surface area contributed by atoms with Gasteiger partial charge in [-0.15, -0.1) is 0 Å². The van der Waals surface area contributed by atoms with Crippen molar-refractivity contribution in [3.05, 3.63) is 58.6 Å². The van der Waals surface area contributed by atoms with Crippen LogP contribution >= 0.6 is 11.6 Å². The highest BCUT2D eigenvalue weighted by Crippen LogP contribution is 2.34. The van der Waals surface area contributed by atoms with E-state index < -0.39 is 5.54 Å². The normalized spacial score (nSPS) is 13.5. The highest BCUT2D eigenvalue weighted by molar-refractivity contribution is 6.30. The molecular weight excluding hydrogens is 326 g/mol. The zero-order valence-corrected chi connectivity index (χ0v) is 14.5. The predicted molar refractivity (Wildman–Crippen MR) is 93.8 cm³/mol. The Kier molecular flexibility index (Phi) is 4.67. The van der Waals surface area contributed by atoms with Gasteiger partial charge in [-0.3, -0.25) is 4.79 Å². The van der Waals surface area contributed by atoms with Gasteiger partial charge in [-0.2, -0.15) is 0 Å². The fourth-order valence-corrected chi connectivity index (χ4v) is 2.81. The smallest absolute Gasteiger partial charge is 0.225 e. The van der Waals surface area contributed by atoms with Gasteiger partial charge in [0.1, 0.15) is 13.2 Å². The van der Waals surface area contributed by atoms with Crippen molar-refractivity contribution in [1.29, 1.82) is 0 Å². The van der Waals surface area contributed by atoms with Crippen LogP contribution in [0.4, 0.5) is 0 Å². The van der Waals surface area contributed by atoms with Gasteiger partial charge >= 0.3 is 0 Å². The lowest BCUT2D eigenvalue weighted by Crippen LogP contribution is -2.41. The highest BCUT2D eigenvalue weighted by Gasteiger charge is 2.25. The second-order valence-electron chi connectivity index (χ2n) is 6.33. The first-order valence-electron chi connectivity index (χ1n) is 7.90. The summed E-state index contributed by atoms with van der Waals surface area (Å²) in [4.78, 5) is 12.4. The predicted octanol–water partition coefficient (Wildman–Crippen LogP) is 3.71. The number of hydrogen-bond acceptors (Lipinski definition) is 3. The van der Waals surface area contributed by atoms with Crippen LogP contribution < -0.4 is 14.8 Å². The van der Waals surface area contributed by atoms with Gasteiger partial charge in [-0.1, -0.05) is 29.8 Å². The lowest BCUT2D eigenvalue weighted by atomic mass is 9.93. The van der Waals surface area contributed by atoms with Crippen molar-refractivity contribution in [3.8, 4) is 11.5 Å². The SMILES string of the molecule is CC(C)(NC(=O)Cc1ccc(Cl)cc1)c1ccc2c(c1)OCCO2. The Morgan fingerprint density at radius 3 is 2.46 bits per heavy atom. The summed E-state index contributed by atoms with van der Waals surface area (Å²) in [5.41, 5.74) is 1.38. The summed E-state index contributed by atoms with van der Waals surface area (Å²) in [6.07, 6.45) is 0.311. The van der Waals surface area contributed by atoms with Gasteiger partial charge in [0.15, 0.2) is 11.5 Å². The Hall–Kier alpha value is -2.20. The van der Waals surface area contributed by atoms with Gasteiger partial charge in [-0.25, -0.2) is 0 Å². The van der Waals surface area contributed by atoms with E-state index in [0.29, 0.717) is 24.7 Å². The first-order chi connectivity index (χ1) is 11.4. The molecule has 2 aromatic rings. The monoisotopic (exact) mass is 345 g/mol. The van der Waals surface area contributed by atoms with E-state index in [1.165, 1.54) is 0 Å². The van der Waals surface area contributed by atoms with Crippen molar-refractivity contribution >= 4 is 17.5 Å². The van der Waals surface area contributed by atoms with Crippen LogP contribution in [-0.4, -0.2) is 19.1 Å². The third-order valence-electron chi connectivity index (χ3n) is 3.99. The molecule has 1 aliphatic heterocycles. The summed E-state index contributed by atoms with van der Waals surface area (Å²) in [7, 11) is 0. The lowest BCUT2D eigenvalue weighted by Gasteiger charge is -2.28. The minimum absolute atomic E-state index is 0.0442. The molecule has 1 amide bonds. The highest BCUT2D eigenvalue weighted by atomic mass is 35.5. The van der Waals surface area contributed by atoms with Gasteiger partial charge in [0.2, 0.25) is 5.91 Å². The first-order valence-corrected chi connectivity index (χ1v) is 8.27. The summed E-state index contributed by atoms with van der Waals surface area (Å²) >= 11 is 5.87. The molecule has 3 rings (SSSR count). The standard InChI is InChI=1S/C19H20ClNO3/c1-19(2,14-5-8-16-17(12-14)24-10-9-23-16)21-18(22)11-13-3-6-15(20)7-4-13/h3-8,12H,9-11H2,1-2H3,(H,21,22). The van der Waals surface area contributed by atoms with Crippen molar-refractivity contribution in [1.82, 2.24) is 5.32 Å². The molecule has 0 unspecified atom stereocenters. The number of rotatable bonds is 4. The Labute approximate surface area is 146 Å². The molecule has 1 N–H and O–H groups in total. The number of hydrogen-bond donors (Lipinski definition) is 1. The van der Waals surface area contributed by atoms with Gasteiger partial charge in [0, 0.05) is 5.02 Å². The van der Waals surface area contributed by atoms with E-state index in [-0.39, 0.29) is 5.91 Å². The zero-order chi connectivity index (χ0) is 17.2. The van der Waals surface area contributed by atoms with E-state index in [9.17, 15) is 4.79 Å². The number of ether oxygens (including phenoxy) is 2. The van der Waals surface area contributed by atoms with Crippen LogP contribution in [0.3, 0.4) is 0 Å². The van der Waals surface area contributed by atoms with Crippen LogP contribution in [0.1, 0.15) is 25.0 Å². The van der Waals surface area contributed by atoms with Crippen LogP contribution in [-0.2, 0) is 16.8 Å². The second kappa shape index (κ2) is 6.73. The second-order valence-corrected chi connectivity index (χ2v) is 6.77. The van der Waals surface area contributed by atoms with E-state index in [1.54, 1.807) is 12.1 Å². The maximum atomic E-state index is 12.4. The van der Waals surface area contributed by atoms with Crippen molar-refractivity contribution in [2.75, 3.05) is 13.2 Å². The van der Waals surface area contributed by atoms with E-state index in [1.807, 2.05) is 44.2 Å². The number of nitrogens with one attached hydrogen (secondary N) is 1. The number of carbonyl (C=O) groups is 1. The number of halogens is 1. The van der Waals surface area contributed by atoms with Crippen LogP contribution in [0.2, 0.25) is 5.02 Å². The molecule has 0 aliphatic carbocycles. The van der Waals surface area contributed by atoms with Crippen LogP contribution in [0.25, 0.3) is 0 Å². The molecule has 126 valence electrons. The van der Waals surface area contributed by atoms with E-state index in [4.69, 9.17) is 21.1 Å². The summed E-state index contributed by atoms with van der Waals surface area (Å²) in [5, 5.41) is 3.74. The summed E-state index contributed by atoms with van der Waals surface area (Å²) in [6.45, 7) is 5.05. The quantitative estimate of drug-likeness (QED) is 0.919. The van der Waals surface area contributed by atoms with Gasteiger partial charge in [-0.05, 0) is 49.2 Å². The first kappa shape index (κ1) is 16.7. The summed E-state index contributed by atoms with van der Waals surface area (Å²) in [6, 6.07) is 13.1. The third kappa shape index (κ3) is 3.82. The average Bonchev–Trinajstić information content (AvgIpc) is 2.56. The molecule has 2 aromatic carbocycles. The van der Waals surface area contributed by atoms with Crippen LogP contribution in [0, 0.1) is 0 Å². The third-order valence-corrected chi connectivity index (χ3v) is 4.25. The van der Waals surface area contributed by atoms with Gasteiger partial charge < -0.3 is 14.8 Å². The minimum Gasteiger partial charge on any atom is -0.486 e. The fourth-order valence-electron chi connectivity index (χ4n) is 2.68. The van der Waals surface area contributed by atoms with Gasteiger partial charge in [0.25, 0.3) is 0 Å². The molecule has 0 saturated carbocycles. The maximum Gasteiger partial charge on any atom is 0.225 e. The molecule has 4 nitrogen and oxygen atoms in total. The van der Waals surface area contributed by atoms with Crippen LogP contribution in [0.15, 0.2) is 42.5 Å². The number of fused-ring (bicyclic) bond motifs is 1. The molecule has 0 bridgehead atoms. The molecule has 0 fully saturated rings. The summed E-state index contributed by atoms with van der Waals surface area (Å²) < 4.78 is 11.2. The van der Waals surface area contributed by atoms with Crippen molar-refractivity contribution in [2.24, 2.45) is 0 Å². The number of carbonyl (C=O) groups excluding carboxylic acids is 1. The molecule has 0 atom stereocenters. The topological polar surface area (TPSA) is 47.6 Å². The zero-order valence-electron chi connectivity index (χ0n) is 13.8. The van der Waals surface area contributed by atoms with Gasteiger partial charge in [0.05, 0.1) is 12.0 Å². The number of benzene rings is 2. The Morgan fingerprint density at radius 1 is 1.08 bits per heavy atom. The van der Waals surface area contributed by atoms with E-state index >= 15 is 0 Å². The molecule has 0 spiro atoms. The molecule has 1 heterocycles. The Balaban J connectivity index is 1.70. The van der Waals surface area contributed by atoms with Crippen LogP contribution in [0.5, 0.6) is 11.5 Å². The summed E-state index contributed by atoms with van der Waals surface area (Å²) in [5.74, 6) is 1.42. The molecule has 0 saturated heterocycles. The molecule has 1 aliphatic rings. The lowest BCUT2D eigenvalue weighted by molar-refractivity contribution is -0.122. The molecule has 0 radical (unpaired) electrons. The largest absolute Gasteiger partial charge is 0.486 e. The Morgan fingerprint density at radius 2 is 1.75 bits per heavy atom. The minimum atomic E-state index is -0.515. The van der Waals surface area contributed by atoms with Crippen molar-refractivity contribution < 1.29 is 14.3 Å². The molecule has 24 heavy (non-hydrogen) atoms. The van der Waals surface area contributed by atoms with Crippen molar-refractivity contribution in [3.63, 3.8) is 0 Å². The van der Waals surface area contributed by atoms with E-state index in [0.717, 1.165) is 22.6 Å². The Bertz CT molecular complexity index is 741. The molecule has 0 aromatic heterocycles.